The maximum absolute atomic E-state index is 12.8. The summed E-state index contributed by atoms with van der Waals surface area (Å²) in [6.45, 7) is 5.69. The molecule has 0 unspecified atom stereocenters. The number of rotatable bonds is 6. The molecule has 2 aromatic heterocycles. The number of aromatic nitrogens is 4. The summed E-state index contributed by atoms with van der Waals surface area (Å²) < 4.78 is 7.28. The summed E-state index contributed by atoms with van der Waals surface area (Å²) in [4.78, 5) is 21.4. The second-order valence-corrected chi connectivity index (χ2v) is 8.87. The number of fused-ring (bicyclic) bond motifs is 1. The van der Waals surface area contributed by atoms with Crippen LogP contribution in [0.2, 0.25) is 10.0 Å². The van der Waals surface area contributed by atoms with Crippen LogP contribution in [0.1, 0.15) is 41.8 Å². The van der Waals surface area contributed by atoms with Gasteiger partial charge in [0.15, 0.2) is 0 Å². The molecule has 1 aliphatic rings. The number of amides is 1. The van der Waals surface area contributed by atoms with Crippen molar-refractivity contribution >= 4 is 34.9 Å². The van der Waals surface area contributed by atoms with Crippen molar-refractivity contribution in [1.29, 1.82) is 0 Å². The lowest BCUT2D eigenvalue weighted by atomic mass is 9.74. The van der Waals surface area contributed by atoms with Crippen LogP contribution in [-0.2, 0) is 21.4 Å². The third-order valence-electron chi connectivity index (χ3n) is 6.17. The third kappa shape index (κ3) is 4.54. The first-order chi connectivity index (χ1) is 14.9. The van der Waals surface area contributed by atoms with Gasteiger partial charge < -0.3 is 10.1 Å². The van der Waals surface area contributed by atoms with Gasteiger partial charge in [0, 0.05) is 53.0 Å². The van der Waals surface area contributed by atoms with Gasteiger partial charge in [-0.25, -0.2) is 9.50 Å². The van der Waals surface area contributed by atoms with Crippen LogP contribution in [0.3, 0.4) is 0 Å². The maximum atomic E-state index is 12.8. The fourth-order valence-corrected chi connectivity index (χ4v) is 4.94. The average molecular weight is 462 g/mol. The van der Waals surface area contributed by atoms with Crippen molar-refractivity contribution in [2.24, 2.45) is 0 Å². The Morgan fingerprint density at radius 1 is 1.26 bits per heavy atom. The number of benzene rings is 1. The smallest absolute Gasteiger partial charge is 0.252 e. The molecule has 164 valence electrons. The van der Waals surface area contributed by atoms with Gasteiger partial charge in [0.1, 0.15) is 6.33 Å². The van der Waals surface area contributed by atoms with Crippen LogP contribution in [0.4, 0.5) is 0 Å². The molecule has 0 saturated carbocycles. The SMILES string of the molecule is Cc1nc2ncnn2c(C)c1CCC(=O)NCC1(c2ccc(Cl)cc2Cl)CCOCC1. The fourth-order valence-electron chi connectivity index (χ4n) is 4.33. The first kappa shape index (κ1) is 22.0. The number of ether oxygens (including phenoxy) is 1. The van der Waals surface area contributed by atoms with Crippen LogP contribution >= 0.6 is 23.2 Å². The van der Waals surface area contributed by atoms with Gasteiger partial charge in [0.25, 0.3) is 5.78 Å². The lowest BCUT2D eigenvalue weighted by Crippen LogP contribution is -2.44. The minimum absolute atomic E-state index is 0.00607. The normalized spacial score (nSPS) is 15.9. The van der Waals surface area contributed by atoms with Crippen molar-refractivity contribution in [2.75, 3.05) is 19.8 Å². The summed E-state index contributed by atoms with van der Waals surface area (Å²) in [5, 5.41) is 8.57. The number of nitrogens with zero attached hydrogens (tertiary/aromatic N) is 4. The lowest BCUT2D eigenvalue weighted by Gasteiger charge is -2.38. The molecule has 0 atom stereocenters. The standard InChI is InChI=1S/C22H25Cl2N5O2/c1-14-17(15(2)29-21(28-14)26-13-27-29)4-6-20(30)25-12-22(7-9-31-10-8-22)18-5-3-16(23)11-19(18)24/h3,5,11,13H,4,6-10,12H2,1-2H3,(H,25,30). The van der Waals surface area contributed by atoms with Gasteiger partial charge >= 0.3 is 0 Å². The van der Waals surface area contributed by atoms with Gasteiger partial charge in [-0.15, -0.1) is 0 Å². The topological polar surface area (TPSA) is 81.4 Å². The van der Waals surface area contributed by atoms with Crippen LogP contribution in [0.25, 0.3) is 5.78 Å². The molecule has 7 nitrogen and oxygen atoms in total. The highest BCUT2D eigenvalue weighted by molar-refractivity contribution is 6.35. The van der Waals surface area contributed by atoms with E-state index in [1.165, 1.54) is 6.33 Å². The Morgan fingerprint density at radius 3 is 2.77 bits per heavy atom. The quantitative estimate of drug-likeness (QED) is 0.602. The number of halogens is 2. The van der Waals surface area contributed by atoms with E-state index in [0.717, 1.165) is 35.4 Å². The Kier molecular flexibility index (Phi) is 6.46. The molecule has 0 aliphatic carbocycles. The Labute approximate surface area is 191 Å². The Balaban J connectivity index is 1.45. The first-order valence-electron chi connectivity index (χ1n) is 10.4. The van der Waals surface area contributed by atoms with Crippen molar-refractivity contribution in [2.45, 2.75) is 44.9 Å². The highest BCUT2D eigenvalue weighted by atomic mass is 35.5. The number of carbonyl (C=O) groups excluding carboxylic acids is 1. The molecular formula is C22H25Cl2N5O2. The van der Waals surface area contributed by atoms with E-state index in [-0.39, 0.29) is 11.3 Å². The molecule has 0 bridgehead atoms. The van der Waals surface area contributed by atoms with Crippen molar-refractivity contribution in [3.8, 4) is 0 Å². The number of nitrogens with one attached hydrogen (secondary N) is 1. The van der Waals surface area contributed by atoms with Crippen LogP contribution in [0.5, 0.6) is 0 Å². The predicted molar refractivity (Wildman–Crippen MR) is 120 cm³/mol. The highest BCUT2D eigenvalue weighted by Gasteiger charge is 2.36. The second-order valence-electron chi connectivity index (χ2n) is 8.03. The molecule has 1 N–H and O–H groups in total. The molecule has 0 radical (unpaired) electrons. The zero-order valence-electron chi connectivity index (χ0n) is 17.6. The van der Waals surface area contributed by atoms with E-state index >= 15 is 0 Å². The molecule has 0 spiro atoms. The zero-order chi connectivity index (χ0) is 22.0. The van der Waals surface area contributed by atoms with Gasteiger partial charge in [0.2, 0.25) is 5.91 Å². The largest absolute Gasteiger partial charge is 0.381 e. The minimum Gasteiger partial charge on any atom is -0.381 e. The molecule has 4 rings (SSSR count). The number of carbonyl (C=O) groups is 1. The summed E-state index contributed by atoms with van der Waals surface area (Å²) in [6.07, 6.45) is 4.02. The molecule has 1 amide bonds. The molecule has 1 fully saturated rings. The van der Waals surface area contributed by atoms with Gasteiger partial charge in [-0.05, 0) is 56.4 Å². The number of aryl methyl sites for hydroxylation is 2. The molecular weight excluding hydrogens is 437 g/mol. The number of hydrogen-bond donors (Lipinski definition) is 1. The highest BCUT2D eigenvalue weighted by Crippen LogP contribution is 2.39. The van der Waals surface area contributed by atoms with Crippen molar-refractivity contribution in [1.82, 2.24) is 24.9 Å². The molecule has 1 aliphatic heterocycles. The Bertz CT molecular complexity index is 1110. The van der Waals surface area contributed by atoms with E-state index in [2.05, 4.69) is 20.4 Å². The second kappa shape index (κ2) is 9.10. The van der Waals surface area contributed by atoms with Gasteiger partial charge in [0.05, 0.1) is 0 Å². The summed E-state index contributed by atoms with van der Waals surface area (Å²) >= 11 is 12.6. The van der Waals surface area contributed by atoms with Gasteiger partial charge in [-0.2, -0.15) is 10.1 Å². The van der Waals surface area contributed by atoms with Crippen LogP contribution in [0, 0.1) is 13.8 Å². The van der Waals surface area contributed by atoms with Crippen LogP contribution in [0.15, 0.2) is 24.5 Å². The monoisotopic (exact) mass is 461 g/mol. The zero-order valence-corrected chi connectivity index (χ0v) is 19.1. The van der Waals surface area contributed by atoms with Crippen molar-refractivity contribution in [3.05, 3.63) is 57.1 Å². The van der Waals surface area contributed by atoms with E-state index in [4.69, 9.17) is 27.9 Å². The summed E-state index contributed by atoms with van der Waals surface area (Å²) in [5.74, 6) is 0.568. The third-order valence-corrected chi connectivity index (χ3v) is 6.71. The van der Waals surface area contributed by atoms with Gasteiger partial charge in [-0.3, -0.25) is 4.79 Å². The maximum Gasteiger partial charge on any atom is 0.252 e. The lowest BCUT2D eigenvalue weighted by molar-refractivity contribution is -0.121. The molecule has 1 saturated heterocycles. The molecule has 1 aromatic carbocycles. The van der Waals surface area contributed by atoms with Crippen molar-refractivity contribution < 1.29 is 9.53 Å². The molecule has 3 aromatic rings. The summed E-state index contributed by atoms with van der Waals surface area (Å²) in [5.41, 5.74) is 3.61. The van der Waals surface area contributed by atoms with E-state index in [0.29, 0.717) is 48.4 Å². The fraction of sp³-hybridized carbons (Fsp3) is 0.455. The van der Waals surface area contributed by atoms with Gasteiger partial charge in [-0.1, -0.05) is 29.3 Å². The average Bonchev–Trinajstić information content (AvgIpc) is 3.21. The predicted octanol–water partition coefficient (Wildman–Crippen LogP) is 3.85. The van der Waals surface area contributed by atoms with E-state index in [1.807, 2.05) is 26.0 Å². The van der Waals surface area contributed by atoms with Crippen LogP contribution < -0.4 is 5.32 Å². The Hall–Kier alpha value is -2.22. The Morgan fingerprint density at radius 2 is 2.03 bits per heavy atom. The van der Waals surface area contributed by atoms with E-state index in [1.54, 1.807) is 10.6 Å². The summed E-state index contributed by atoms with van der Waals surface area (Å²) in [7, 11) is 0. The van der Waals surface area contributed by atoms with Crippen molar-refractivity contribution in [3.63, 3.8) is 0 Å². The van der Waals surface area contributed by atoms with E-state index in [9.17, 15) is 4.79 Å². The first-order valence-corrected chi connectivity index (χ1v) is 11.1. The minimum atomic E-state index is -0.261. The summed E-state index contributed by atoms with van der Waals surface area (Å²) in [6, 6.07) is 5.57. The van der Waals surface area contributed by atoms with Crippen LogP contribution in [-0.4, -0.2) is 45.2 Å². The molecule has 9 heteroatoms. The molecule has 31 heavy (non-hydrogen) atoms. The molecule has 3 heterocycles. The number of hydrogen-bond acceptors (Lipinski definition) is 5. The van der Waals surface area contributed by atoms with E-state index < -0.39 is 0 Å².